The van der Waals surface area contributed by atoms with Crippen molar-refractivity contribution in [2.45, 2.75) is 40.2 Å². The maximum Gasteiger partial charge on any atom is 0.149 e. The zero-order valence-electron chi connectivity index (χ0n) is 13.3. The third kappa shape index (κ3) is 2.97. The van der Waals surface area contributed by atoms with Gasteiger partial charge in [0.25, 0.3) is 0 Å². The molecule has 0 aliphatic rings. The van der Waals surface area contributed by atoms with Crippen molar-refractivity contribution in [1.82, 2.24) is 18.9 Å². The number of anilines is 1. The van der Waals surface area contributed by atoms with Gasteiger partial charge in [0.1, 0.15) is 16.5 Å². The quantitative estimate of drug-likeness (QED) is 0.707. The van der Waals surface area contributed by atoms with E-state index in [1.165, 1.54) is 17.1 Å². The largest absolute Gasteiger partial charge is 0.369 e. The van der Waals surface area contributed by atoms with Crippen LogP contribution >= 0.6 is 11.5 Å². The second-order valence-electron chi connectivity index (χ2n) is 5.46. The summed E-state index contributed by atoms with van der Waals surface area (Å²) in [5, 5.41) is 4.61. The average Bonchev–Trinajstić information content (AvgIpc) is 3.09. The van der Waals surface area contributed by atoms with E-state index >= 15 is 0 Å². The Hall–Kier alpha value is -1.95. The number of hydrogen-bond donors (Lipinski definition) is 1. The highest BCUT2D eigenvalue weighted by atomic mass is 32.1. The van der Waals surface area contributed by atoms with Crippen molar-refractivity contribution in [2.75, 3.05) is 11.9 Å². The molecule has 0 aliphatic carbocycles. The van der Waals surface area contributed by atoms with Crippen LogP contribution in [0.15, 0.2) is 18.5 Å². The minimum Gasteiger partial charge on any atom is -0.369 e. The monoisotopic (exact) mass is 315 g/mol. The van der Waals surface area contributed by atoms with E-state index in [2.05, 4.69) is 44.1 Å². The minimum atomic E-state index is 0.896. The topological polar surface area (TPSA) is 55.6 Å². The summed E-state index contributed by atoms with van der Waals surface area (Å²) in [4.78, 5) is 9.92. The first-order chi connectivity index (χ1) is 10.7. The van der Waals surface area contributed by atoms with Crippen LogP contribution in [0.2, 0.25) is 0 Å². The molecule has 0 saturated carbocycles. The van der Waals surface area contributed by atoms with Crippen molar-refractivity contribution in [3.8, 4) is 0 Å². The number of imidazole rings is 1. The van der Waals surface area contributed by atoms with Crippen LogP contribution in [0.3, 0.4) is 0 Å². The summed E-state index contributed by atoms with van der Waals surface area (Å²) in [6.07, 6.45) is 5.94. The van der Waals surface area contributed by atoms with Gasteiger partial charge < -0.3 is 9.88 Å². The summed E-state index contributed by atoms with van der Waals surface area (Å²) < 4.78 is 6.73. The number of rotatable bonds is 6. The van der Waals surface area contributed by atoms with E-state index in [1.54, 1.807) is 0 Å². The predicted molar refractivity (Wildman–Crippen MR) is 91.6 cm³/mol. The predicted octanol–water partition coefficient (Wildman–Crippen LogP) is 3.57. The number of fused-ring (bicyclic) bond motifs is 1. The molecular formula is C16H21N5S. The van der Waals surface area contributed by atoms with Crippen molar-refractivity contribution >= 4 is 27.6 Å². The molecule has 116 valence electrons. The van der Waals surface area contributed by atoms with E-state index < -0.39 is 0 Å². The molecule has 0 amide bonds. The maximum atomic E-state index is 4.55. The molecule has 0 saturated heterocycles. The first kappa shape index (κ1) is 15.0. The molecule has 3 aromatic rings. The molecule has 0 radical (unpaired) electrons. The Morgan fingerprint density at radius 1 is 1.32 bits per heavy atom. The third-order valence-electron chi connectivity index (χ3n) is 3.76. The molecule has 3 heterocycles. The number of aromatic nitrogens is 4. The van der Waals surface area contributed by atoms with Crippen LogP contribution in [0.25, 0.3) is 10.2 Å². The maximum absolute atomic E-state index is 4.55. The van der Waals surface area contributed by atoms with Gasteiger partial charge in [-0.15, -0.1) is 0 Å². The van der Waals surface area contributed by atoms with Crippen LogP contribution in [0.5, 0.6) is 0 Å². The second kappa shape index (κ2) is 6.44. The standard InChI is InChI=1S/C16H21N5S/c1-4-13-17-7-9-21(13)8-5-6-18-15-14-11(2)10-12(3)19-16(14)22-20-15/h7,9-10H,4-6,8H2,1-3H3,(H,18,20). The summed E-state index contributed by atoms with van der Waals surface area (Å²) in [7, 11) is 0. The molecule has 5 nitrogen and oxygen atoms in total. The molecule has 3 aromatic heterocycles. The van der Waals surface area contributed by atoms with Gasteiger partial charge in [0, 0.05) is 37.6 Å². The lowest BCUT2D eigenvalue weighted by Gasteiger charge is -2.08. The highest BCUT2D eigenvalue weighted by molar-refractivity contribution is 7.13. The van der Waals surface area contributed by atoms with Crippen LogP contribution in [-0.2, 0) is 13.0 Å². The van der Waals surface area contributed by atoms with Crippen molar-refractivity contribution in [1.29, 1.82) is 0 Å². The van der Waals surface area contributed by atoms with Crippen LogP contribution < -0.4 is 5.32 Å². The number of hydrogen-bond acceptors (Lipinski definition) is 5. The Bertz CT molecular complexity index is 774. The molecule has 1 N–H and O–H groups in total. The average molecular weight is 315 g/mol. The van der Waals surface area contributed by atoms with Crippen molar-refractivity contribution in [3.05, 3.63) is 35.5 Å². The van der Waals surface area contributed by atoms with Gasteiger partial charge >= 0.3 is 0 Å². The fraction of sp³-hybridized carbons (Fsp3) is 0.438. The number of nitrogens with zero attached hydrogens (tertiary/aromatic N) is 4. The second-order valence-corrected chi connectivity index (χ2v) is 6.21. The van der Waals surface area contributed by atoms with E-state index in [-0.39, 0.29) is 0 Å². The lowest BCUT2D eigenvalue weighted by atomic mass is 10.2. The van der Waals surface area contributed by atoms with Gasteiger partial charge in [0.15, 0.2) is 0 Å². The molecule has 0 spiro atoms. The fourth-order valence-electron chi connectivity index (χ4n) is 2.73. The van der Waals surface area contributed by atoms with Gasteiger partial charge in [0.2, 0.25) is 0 Å². The van der Waals surface area contributed by atoms with Crippen LogP contribution in [0.1, 0.15) is 30.4 Å². The molecular weight excluding hydrogens is 294 g/mol. The minimum absolute atomic E-state index is 0.896. The summed E-state index contributed by atoms with van der Waals surface area (Å²) in [5.74, 6) is 2.11. The molecule has 0 aromatic carbocycles. The molecule has 0 fully saturated rings. The highest BCUT2D eigenvalue weighted by Crippen LogP contribution is 2.28. The molecule has 0 atom stereocenters. The van der Waals surface area contributed by atoms with Gasteiger partial charge in [-0.3, -0.25) is 0 Å². The van der Waals surface area contributed by atoms with E-state index in [0.29, 0.717) is 0 Å². The Labute approximate surface area is 134 Å². The highest BCUT2D eigenvalue weighted by Gasteiger charge is 2.10. The zero-order chi connectivity index (χ0) is 15.5. The zero-order valence-corrected chi connectivity index (χ0v) is 14.1. The molecule has 6 heteroatoms. The Balaban J connectivity index is 1.63. The van der Waals surface area contributed by atoms with Crippen LogP contribution in [-0.4, -0.2) is 25.5 Å². The van der Waals surface area contributed by atoms with Crippen molar-refractivity contribution in [3.63, 3.8) is 0 Å². The Morgan fingerprint density at radius 3 is 3.00 bits per heavy atom. The summed E-state index contributed by atoms with van der Waals surface area (Å²) >= 11 is 1.47. The smallest absolute Gasteiger partial charge is 0.149 e. The van der Waals surface area contributed by atoms with Gasteiger partial charge in [-0.2, -0.15) is 4.37 Å². The molecule has 3 rings (SSSR count). The van der Waals surface area contributed by atoms with Gasteiger partial charge in [0.05, 0.1) is 5.39 Å². The van der Waals surface area contributed by atoms with Crippen molar-refractivity contribution < 1.29 is 0 Å². The Morgan fingerprint density at radius 2 is 2.18 bits per heavy atom. The SMILES string of the molecule is CCc1nccn1CCCNc1nsc2nc(C)cc(C)c12. The third-order valence-corrected chi connectivity index (χ3v) is 4.50. The summed E-state index contributed by atoms with van der Waals surface area (Å²) in [5.41, 5.74) is 2.29. The van der Waals surface area contributed by atoms with E-state index in [4.69, 9.17) is 0 Å². The van der Waals surface area contributed by atoms with Gasteiger partial charge in [-0.1, -0.05) is 6.92 Å². The van der Waals surface area contributed by atoms with Crippen LogP contribution in [0, 0.1) is 13.8 Å². The number of aryl methyl sites for hydroxylation is 4. The van der Waals surface area contributed by atoms with Crippen molar-refractivity contribution in [2.24, 2.45) is 0 Å². The first-order valence-electron chi connectivity index (χ1n) is 7.66. The van der Waals surface area contributed by atoms with Crippen LogP contribution in [0.4, 0.5) is 5.82 Å². The Kier molecular flexibility index (Phi) is 4.38. The lowest BCUT2D eigenvalue weighted by Crippen LogP contribution is -2.08. The fourth-order valence-corrected chi connectivity index (χ4v) is 3.59. The lowest BCUT2D eigenvalue weighted by molar-refractivity contribution is 0.629. The van der Waals surface area contributed by atoms with Gasteiger partial charge in [-0.25, -0.2) is 9.97 Å². The molecule has 0 bridgehead atoms. The number of pyridine rings is 1. The normalized spacial score (nSPS) is 11.2. The number of nitrogens with one attached hydrogen (secondary N) is 1. The summed E-state index contributed by atoms with van der Waals surface area (Å²) in [6, 6.07) is 2.11. The van der Waals surface area contributed by atoms with Gasteiger partial charge in [-0.05, 0) is 43.4 Å². The molecule has 22 heavy (non-hydrogen) atoms. The first-order valence-corrected chi connectivity index (χ1v) is 8.44. The van der Waals surface area contributed by atoms with E-state index in [1.807, 2.05) is 19.3 Å². The summed E-state index contributed by atoms with van der Waals surface area (Å²) in [6.45, 7) is 8.16. The van der Waals surface area contributed by atoms with E-state index in [0.717, 1.165) is 53.5 Å². The van der Waals surface area contributed by atoms with E-state index in [9.17, 15) is 0 Å². The molecule has 0 unspecified atom stereocenters. The molecule has 0 aliphatic heterocycles.